The van der Waals surface area contributed by atoms with Gasteiger partial charge in [0.1, 0.15) is 0 Å². The standard InChI is InChI=1S/C12H21N3O/c1-3-15-12(7-10(2)13-15)8-14-6-4-5-11(14)9-16/h7,11,16H,3-6,8-9H2,1-2H3. The number of nitrogens with zero attached hydrogens (tertiary/aromatic N) is 3. The molecule has 0 radical (unpaired) electrons. The fraction of sp³-hybridized carbons (Fsp3) is 0.750. The van der Waals surface area contributed by atoms with E-state index in [2.05, 4.69) is 27.7 Å². The Hall–Kier alpha value is -0.870. The zero-order valence-electron chi connectivity index (χ0n) is 10.2. The molecule has 1 fully saturated rings. The third kappa shape index (κ3) is 2.28. The van der Waals surface area contributed by atoms with Gasteiger partial charge in [-0.3, -0.25) is 9.58 Å². The minimum Gasteiger partial charge on any atom is -0.395 e. The summed E-state index contributed by atoms with van der Waals surface area (Å²) in [6.45, 7) is 7.35. The van der Waals surface area contributed by atoms with E-state index in [0.717, 1.165) is 31.7 Å². The van der Waals surface area contributed by atoms with Crippen LogP contribution in [0.4, 0.5) is 0 Å². The third-order valence-electron chi connectivity index (χ3n) is 3.36. The Morgan fingerprint density at radius 1 is 1.56 bits per heavy atom. The predicted molar refractivity (Wildman–Crippen MR) is 63.2 cm³/mol. The van der Waals surface area contributed by atoms with E-state index >= 15 is 0 Å². The molecule has 1 aliphatic heterocycles. The Labute approximate surface area is 96.9 Å². The van der Waals surface area contributed by atoms with E-state index in [9.17, 15) is 5.11 Å². The number of aromatic nitrogens is 2. The SMILES string of the molecule is CCn1nc(C)cc1CN1CCCC1CO. The maximum atomic E-state index is 9.28. The minimum atomic E-state index is 0.277. The first-order valence-electron chi connectivity index (χ1n) is 6.12. The molecule has 1 unspecified atom stereocenters. The Balaban J connectivity index is 2.07. The second-order valence-corrected chi connectivity index (χ2v) is 4.54. The first kappa shape index (κ1) is 11.6. The molecule has 0 aliphatic carbocycles. The van der Waals surface area contributed by atoms with Crippen LogP contribution >= 0.6 is 0 Å². The maximum Gasteiger partial charge on any atom is 0.0597 e. The van der Waals surface area contributed by atoms with E-state index in [0.29, 0.717) is 6.04 Å². The van der Waals surface area contributed by atoms with Crippen molar-refractivity contribution in [3.63, 3.8) is 0 Å². The molecule has 16 heavy (non-hydrogen) atoms. The van der Waals surface area contributed by atoms with E-state index in [-0.39, 0.29) is 6.61 Å². The van der Waals surface area contributed by atoms with Crippen LogP contribution in [0.3, 0.4) is 0 Å². The van der Waals surface area contributed by atoms with Crippen molar-refractivity contribution < 1.29 is 5.11 Å². The second-order valence-electron chi connectivity index (χ2n) is 4.54. The van der Waals surface area contributed by atoms with Gasteiger partial charge in [0, 0.05) is 19.1 Å². The Morgan fingerprint density at radius 2 is 2.38 bits per heavy atom. The van der Waals surface area contributed by atoms with Crippen LogP contribution in [-0.2, 0) is 13.1 Å². The molecule has 0 aromatic carbocycles. The fourth-order valence-corrected chi connectivity index (χ4v) is 2.52. The largest absolute Gasteiger partial charge is 0.395 e. The van der Waals surface area contributed by atoms with Gasteiger partial charge in [-0.1, -0.05) is 0 Å². The monoisotopic (exact) mass is 223 g/mol. The molecule has 0 bridgehead atoms. The molecule has 1 aromatic heterocycles. The highest BCUT2D eigenvalue weighted by atomic mass is 16.3. The summed E-state index contributed by atoms with van der Waals surface area (Å²) < 4.78 is 2.06. The summed E-state index contributed by atoms with van der Waals surface area (Å²) in [6, 6.07) is 2.50. The van der Waals surface area contributed by atoms with Gasteiger partial charge in [-0.05, 0) is 39.3 Å². The summed E-state index contributed by atoms with van der Waals surface area (Å²) >= 11 is 0. The van der Waals surface area contributed by atoms with E-state index in [4.69, 9.17) is 0 Å². The molecule has 1 saturated heterocycles. The summed E-state index contributed by atoms with van der Waals surface area (Å²) in [5.41, 5.74) is 2.34. The van der Waals surface area contributed by atoms with Gasteiger partial charge in [-0.25, -0.2) is 0 Å². The Kier molecular flexibility index (Phi) is 3.61. The van der Waals surface area contributed by atoms with Crippen LogP contribution in [0.1, 0.15) is 31.2 Å². The van der Waals surface area contributed by atoms with Crippen LogP contribution in [0.2, 0.25) is 0 Å². The second kappa shape index (κ2) is 4.97. The van der Waals surface area contributed by atoms with Gasteiger partial charge in [0.05, 0.1) is 18.0 Å². The predicted octanol–water partition coefficient (Wildman–Crippen LogP) is 1.17. The average Bonchev–Trinajstić information content (AvgIpc) is 2.85. The van der Waals surface area contributed by atoms with E-state index in [1.807, 2.05) is 6.92 Å². The van der Waals surface area contributed by atoms with Gasteiger partial charge in [0.25, 0.3) is 0 Å². The van der Waals surface area contributed by atoms with Crippen molar-refractivity contribution in [3.8, 4) is 0 Å². The molecule has 4 nitrogen and oxygen atoms in total. The summed E-state index contributed by atoms with van der Waals surface area (Å²) in [5.74, 6) is 0. The van der Waals surface area contributed by atoms with E-state index in [1.54, 1.807) is 0 Å². The third-order valence-corrected chi connectivity index (χ3v) is 3.36. The molecule has 1 aliphatic rings. The smallest absolute Gasteiger partial charge is 0.0597 e. The lowest BCUT2D eigenvalue weighted by Crippen LogP contribution is -2.32. The highest BCUT2D eigenvalue weighted by Gasteiger charge is 2.24. The number of aliphatic hydroxyl groups excluding tert-OH is 1. The highest BCUT2D eigenvalue weighted by molar-refractivity contribution is 5.09. The lowest BCUT2D eigenvalue weighted by Gasteiger charge is -2.22. The van der Waals surface area contributed by atoms with Crippen LogP contribution in [0, 0.1) is 6.92 Å². The van der Waals surface area contributed by atoms with Crippen LogP contribution in [0.25, 0.3) is 0 Å². The van der Waals surface area contributed by atoms with Crippen molar-refractivity contribution in [2.24, 2.45) is 0 Å². The average molecular weight is 223 g/mol. The number of likely N-dealkylation sites (tertiary alicyclic amines) is 1. The zero-order valence-corrected chi connectivity index (χ0v) is 10.2. The van der Waals surface area contributed by atoms with Crippen LogP contribution in [0.5, 0.6) is 0 Å². The maximum absolute atomic E-state index is 9.28. The van der Waals surface area contributed by atoms with Gasteiger partial charge in [0.2, 0.25) is 0 Å². The van der Waals surface area contributed by atoms with Gasteiger partial charge in [-0.2, -0.15) is 5.10 Å². The number of hydrogen-bond donors (Lipinski definition) is 1. The summed E-state index contributed by atoms with van der Waals surface area (Å²) in [4.78, 5) is 2.36. The molecule has 2 heterocycles. The minimum absolute atomic E-state index is 0.277. The summed E-state index contributed by atoms with van der Waals surface area (Å²) in [5, 5.41) is 13.7. The Morgan fingerprint density at radius 3 is 3.06 bits per heavy atom. The first-order valence-corrected chi connectivity index (χ1v) is 6.12. The van der Waals surface area contributed by atoms with Gasteiger partial charge >= 0.3 is 0 Å². The molecule has 1 aromatic rings. The van der Waals surface area contributed by atoms with Gasteiger partial charge in [-0.15, -0.1) is 0 Å². The van der Waals surface area contributed by atoms with Crippen molar-refractivity contribution >= 4 is 0 Å². The van der Waals surface area contributed by atoms with Crippen molar-refractivity contribution in [2.75, 3.05) is 13.2 Å². The van der Waals surface area contributed by atoms with Crippen LogP contribution in [0.15, 0.2) is 6.07 Å². The summed E-state index contributed by atoms with van der Waals surface area (Å²) in [6.07, 6.45) is 2.32. The number of aliphatic hydroxyl groups is 1. The van der Waals surface area contributed by atoms with E-state index < -0.39 is 0 Å². The topological polar surface area (TPSA) is 41.3 Å². The number of aryl methyl sites for hydroxylation is 2. The quantitative estimate of drug-likeness (QED) is 0.833. The molecule has 90 valence electrons. The van der Waals surface area contributed by atoms with Crippen LogP contribution in [-0.4, -0.2) is 39.0 Å². The molecule has 0 spiro atoms. The molecule has 1 N–H and O–H groups in total. The van der Waals surface area contributed by atoms with Gasteiger partial charge < -0.3 is 5.11 Å². The number of rotatable bonds is 4. The lowest BCUT2D eigenvalue weighted by atomic mass is 10.2. The summed E-state index contributed by atoms with van der Waals surface area (Å²) in [7, 11) is 0. The first-order chi connectivity index (χ1) is 7.74. The van der Waals surface area contributed by atoms with Crippen molar-refractivity contribution in [1.29, 1.82) is 0 Å². The van der Waals surface area contributed by atoms with Crippen molar-refractivity contribution in [1.82, 2.24) is 14.7 Å². The number of hydrogen-bond acceptors (Lipinski definition) is 3. The zero-order chi connectivity index (χ0) is 11.5. The lowest BCUT2D eigenvalue weighted by molar-refractivity contribution is 0.151. The molecule has 0 amide bonds. The molecule has 4 heteroatoms. The van der Waals surface area contributed by atoms with Crippen LogP contribution < -0.4 is 0 Å². The highest BCUT2D eigenvalue weighted by Crippen LogP contribution is 2.19. The fourth-order valence-electron chi connectivity index (χ4n) is 2.52. The van der Waals surface area contributed by atoms with E-state index in [1.165, 1.54) is 12.1 Å². The Bertz CT molecular complexity index is 348. The van der Waals surface area contributed by atoms with Crippen molar-refractivity contribution in [3.05, 3.63) is 17.5 Å². The molecule has 2 rings (SSSR count). The molecule has 0 saturated carbocycles. The van der Waals surface area contributed by atoms with Gasteiger partial charge in [0.15, 0.2) is 0 Å². The molecular formula is C12H21N3O. The van der Waals surface area contributed by atoms with Crippen molar-refractivity contribution in [2.45, 2.75) is 45.8 Å². The normalized spacial score (nSPS) is 21.8. The molecule has 1 atom stereocenters. The molecular weight excluding hydrogens is 202 g/mol.